The molecule has 24 heavy (non-hydrogen) atoms. The number of carbonyl (C=O) groups is 3. The summed E-state index contributed by atoms with van der Waals surface area (Å²) in [5.74, 6) is -0.917. The highest BCUT2D eigenvalue weighted by molar-refractivity contribution is 8.14. The minimum Gasteiger partial charge on any atom is -0.322 e. The zero-order valence-corrected chi connectivity index (χ0v) is 13.3. The van der Waals surface area contributed by atoms with Gasteiger partial charge in [-0.2, -0.15) is 0 Å². The highest BCUT2D eigenvalue weighted by Crippen LogP contribution is 2.21. The Balaban J connectivity index is 1.74. The lowest BCUT2D eigenvalue weighted by Gasteiger charge is -2.13. The number of benzene rings is 2. The van der Waals surface area contributed by atoms with Crippen LogP contribution in [0.25, 0.3) is 0 Å². The molecule has 0 saturated carbocycles. The predicted octanol–water partition coefficient (Wildman–Crippen LogP) is 3.27. The minimum absolute atomic E-state index is 0.131. The lowest BCUT2D eigenvalue weighted by atomic mass is 10.1. The fourth-order valence-electron chi connectivity index (χ4n) is 2.30. The summed E-state index contributed by atoms with van der Waals surface area (Å²) in [5.41, 5.74) is 1.39. The van der Waals surface area contributed by atoms with Crippen molar-refractivity contribution in [2.75, 3.05) is 11.1 Å². The molecule has 0 unspecified atom stereocenters. The van der Waals surface area contributed by atoms with Gasteiger partial charge < -0.3 is 5.32 Å². The third-order valence-electron chi connectivity index (χ3n) is 3.45. The zero-order chi connectivity index (χ0) is 17.1. The molecule has 2 aromatic carbocycles. The Kier molecular flexibility index (Phi) is 4.61. The summed E-state index contributed by atoms with van der Waals surface area (Å²) in [4.78, 5) is 36.7. The topological polar surface area (TPSA) is 66.5 Å². The van der Waals surface area contributed by atoms with Crippen molar-refractivity contribution in [3.8, 4) is 0 Å². The summed E-state index contributed by atoms with van der Waals surface area (Å²) >= 11 is 0.969. The first-order valence-electron chi connectivity index (χ1n) is 7.16. The quantitative estimate of drug-likeness (QED) is 0.924. The number of amides is 3. The van der Waals surface area contributed by atoms with Gasteiger partial charge in [0.15, 0.2) is 0 Å². The van der Waals surface area contributed by atoms with E-state index in [4.69, 9.17) is 0 Å². The van der Waals surface area contributed by atoms with Crippen molar-refractivity contribution in [2.45, 2.75) is 6.54 Å². The Hall–Kier alpha value is -2.67. The molecule has 1 fully saturated rings. The van der Waals surface area contributed by atoms with Crippen molar-refractivity contribution in [1.29, 1.82) is 0 Å². The van der Waals surface area contributed by atoms with Gasteiger partial charge in [-0.3, -0.25) is 19.3 Å². The van der Waals surface area contributed by atoms with Crippen molar-refractivity contribution < 1.29 is 18.8 Å². The first kappa shape index (κ1) is 16.2. The van der Waals surface area contributed by atoms with Gasteiger partial charge in [0, 0.05) is 11.3 Å². The smallest absolute Gasteiger partial charge is 0.289 e. The molecular weight excluding hydrogens is 331 g/mol. The number of nitrogens with one attached hydrogen (secondary N) is 1. The summed E-state index contributed by atoms with van der Waals surface area (Å²) < 4.78 is 13.2. The van der Waals surface area contributed by atoms with E-state index in [0.29, 0.717) is 16.8 Å². The Morgan fingerprint density at radius 3 is 2.67 bits per heavy atom. The average molecular weight is 344 g/mol. The minimum atomic E-state index is -0.440. The van der Waals surface area contributed by atoms with Crippen molar-refractivity contribution in [3.05, 3.63) is 65.5 Å². The summed E-state index contributed by atoms with van der Waals surface area (Å²) in [7, 11) is 0. The number of thioether (sulfide) groups is 1. The summed E-state index contributed by atoms with van der Waals surface area (Å²) in [6.07, 6.45) is 0. The fraction of sp³-hybridized carbons (Fsp3) is 0.118. The third-order valence-corrected chi connectivity index (χ3v) is 4.31. The largest absolute Gasteiger partial charge is 0.322 e. The van der Waals surface area contributed by atoms with Gasteiger partial charge in [-0.15, -0.1) is 0 Å². The normalized spacial score (nSPS) is 14.1. The van der Waals surface area contributed by atoms with Crippen LogP contribution in [0.15, 0.2) is 48.5 Å². The first-order valence-corrected chi connectivity index (χ1v) is 8.14. The monoisotopic (exact) mass is 344 g/mol. The van der Waals surface area contributed by atoms with Crippen LogP contribution in [0, 0.1) is 5.82 Å². The van der Waals surface area contributed by atoms with Gasteiger partial charge in [0.2, 0.25) is 5.91 Å². The number of halogens is 1. The van der Waals surface area contributed by atoms with E-state index in [1.54, 1.807) is 30.3 Å². The summed E-state index contributed by atoms with van der Waals surface area (Å²) in [6.45, 7) is 0.131. The van der Waals surface area contributed by atoms with Crippen LogP contribution in [-0.2, 0) is 11.3 Å². The second-order valence-corrected chi connectivity index (χ2v) is 6.13. The number of hydrogen-bond acceptors (Lipinski definition) is 4. The molecule has 7 heteroatoms. The van der Waals surface area contributed by atoms with Crippen molar-refractivity contribution in [1.82, 2.24) is 4.90 Å². The maximum absolute atomic E-state index is 13.2. The highest BCUT2D eigenvalue weighted by atomic mass is 32.2. The van der Waals surface area contributed by atoms with E-state index in [1.165, 1.54) is 18.2 Å². The lowest BCUT2D eigenvalue weighted by Crippen LogP contribution is -2.28. The van der Waals surface area contributed by atoms with E-state index in [9.17, 15) is 18.8 Å². The molecule has 1 N–H and O–H groups in total. The van der Waals surface area contributed by atoms with E-state index in [2.05, 4.69) is 5.32 Å². The molecule has 0 spiro atoms. The van der Waals surface area contributed by atoms with Crippen LogP contribution in [0.1, 0.15) is 15.9 Å². The molecule has 1 aliphatic rings. The van der Waals surface area contributed by atoms with Crippen molar-refractivity contribution in [2.24, 2.45) is 0 Å². The summed E-state index contributed by atoms with van der Waals surface area (Å²) in [6, 6.07) is 12.2. The maximum Gasteiger partial charge on any atom is 0.289 e. The Labute approximate surface area is 141 Å². The Morgan fingerprint density at radius 2 is 1.96 bits per heavy atom. The molecule has 3 amide bonds. The van der Waals surface area contributed by atoms with Gasteiger partial charge >= 0.3 is 0 Å². The molecule has 1 saturated heterocycles. The first-order chi connectivity index (χ1) is 11.5. The molecule has 1 aliphatic heterocycles. The molecule has 0 bridgehead atoms. The van der Waals surface area contributed by atoms with Gasteiger partial charge in [0.05, 0.1) is 12.3 Å². The second-order valence-electron chi connectivity index (χ2n) is 5.20. The maximum atomic E-state index is 13.2. The highest BCUT2D eigenvalue weighted by Gasteiger charge is 2.29. The third kappa shape index (κ3) is 3.62. The number of anilines is 1. The molecule has 0 radical (unpaired) electrons. The van der Waals surface area contributed by atoms with Crippen molar-refractivity contribution in [3.63, 3.8) is 0 Å². The van der Waals surface area contributed by atoms with Crippen LogP contribution >= 0.6 is 11.8 Å². The molecule has 3 rings (SSSR count). The fourth-order valence-corrected chi connectivity index (χ4v) is 3.02. The van der Waals surface area contributed by atoms with E-state index in [0.717, 1.165) is 16.7 Å². The van der Waals surface area contributed by atoms with Crippen LogP contribution in [0.3, 0.4) is 0 Å². The van der Waals surface area contributed by atoms with Gasteiger partial charge in [0.25, 0.3) is 11.1 Å². The molecule has 122 valence electrons. The van der Waals surface area contributed by atoms with Crippen LogP contribution in [0.4, 0.5) is 14.9 Å². The zero-order valence-electron chi connectivity index (χ0n) is 12.5. The molecule has 1 heterocycles. The molecule has 5 nitrogen and oxygen atoms in total. The Bertz CT molecular complexity index is 809. The van der Waals surface area contributed by atoms with Crippen LogP contribution in [0.2, 0.25) is 0 Å². The lowest BCUT2D eigenvalue weighted by molar-refractivity contribution is -0.125. The van der Waals surface area contributed by atoms with Gasteiger partial charge in [-0.05, 0) is 35.9 Å². The van der Waals surface area contributed by atoms with Gasteiger partial charge in [0.1, 0.15) is 5.82 Å². The van der Waals surface area contributed by atoms with Crippen LogP contribution in [0.5, 0.6) is 0 Å². The second kappa shape index (κ2) is 6.84. The predicted molar refractivity (Wildman–Crippen MR) is 89.2 cm³/mol. The molecule has 0 aromatic heterocycles. The van der Waals surface area contributed by atoms with Crippen molar-refractivity contribution >= 4 is 34.5 Å². The van der Waals surface area contributed by atoms with E-state index in [-0.39, 0.29) is 23.4 Å². The SMILES string of the molecule is O=C(Nc1cccc(F)c1)c1cccc(CN2C(=O)CSC2=O)c1. The average Bonchev–Trinajstić information content (AvgIpc) is 2.87. The number of hydrogen-bond donors (Lipinski definition) is 1. The molecule has 0 aliphatic carbocycles. The van der Waals surface area contributed by atoms with Crippen LogP contribution < -0.4 is 5.32 Å². The number of imide groups is 1. The van der Waals surface area contributed by atoms with Gasteiger partial charge in [-0.25, -0.2) is 4.39 Å². The molecular formula is C17H13FN2O3S. The Morgan fingerprint density at radius 1 is 1.17 bits per heavy atom. The standard InChI is InChI=1S/C17H13FN2O3S/c18-13-5-2-6-14(8-13)19-16(22)12-4-1-3-11(7-12)9-20-15(21)10-24-17(20)23/h1-8H,9-10H2,(H,19,22). The van der Waals surface area contributed by atoms with E-state index < -0.39 is 11.7 Å². The molecule has 2 aromatic rings. The van der Waals surface area contributed by atoms with Gasteiger partial charge in [-0.1, -0.05) is 30.0 Å². The van der Waals surface area contributed by atoms with Crippen LogP contribution in [-0.4, -0.2) is 27.7 Å². The number of nitrogens with zero attached hydrogens (tertiary/aromatic N) is 1. The number of carbonyl (C=O) groups excluding carboxylic acids is 3. The van der Waals surface area contributed by atoms with E-state index in [1.807, 2.05) is 0 Å². The van der Waals surface area contributed by atoms with E-state index >= 15 is 0 Å². The summed E-state index contributed by atoms with van der Waals surface area (Å²) in [5, 5.41) is 2.32. The molecule has 0 atom stereocenters. The number of rotatable bonds is 4.